The van der Waals surface area contributed by atoms with E-state index in [1.54, 1.807) is 91.0 Å². The quantitative estimate of drug-likeness (QED) is 0.110. The highest BCUT2D eigenvalue weighted by Crippen LogP contribution is 2.41. The Hall–Kier alpha value is -8.12. The molecule has 3 amide bonds. The molecule has 0 fully saturated rings. The normalized spacial score (nSPS) is 15.8. The van der Waals surface area contributed by atoms with Crippen LogP contribution in [0.2, 0.25) is 0 Å². The summed E-state index contributed by atoms with van der Waals surface area (Å²) in [7, 11) is 1.16. The number of anilines is 1. The van der Waals surface area contributed by atoms with Gasteiger partial charge in [-0.05, 0) is 94.0 Å². The van der Waals surface area contributed by atoms with Crippen LogP contribution in [0, 0.1) is 11.3 Å². The second-order valence-electron chi connectivity index (χ2n) is 15.5. The van der Waals surface area contributed by atoms with Gasteiger partial charge in [0, 0.05) is 30.5 Å². The molecule has 8 rings (SSSR count). The van der Waals surface area contributed by atoms with Gasteiger partial charge in [0.15, 0.2) is 0 Å². The Morgan fingerprint density at radius 1 is 0.892 bits per heavy atom. The molecular formula is C50H39F3N4O8. The van der Waals surface area contributed by atoms with Crippen molar-refractivity contribution in [1.82, 2.24) is 10.2 Å². The molecule has 2 aliphatic rings. The Balaban J connectivity index is 0.979. The van der Waals surface area contributed by atoms with E-state index in [4.69, 9.17) is 19.5 Å². The second-order valence-corrected chi connectivity index (χ2v) is 15.5. The zero-order chi connectivity index (χ0) is 45.8. The second kappa shape index (κ2) is 18.3. The molecular weight excluding hydrogens is 842 g/mol. The SMILES string of the molecule is COc1ccc(COc2ccc([C@@H]3Oc4cc5c(cc4NC3=O)C[C@@H](C(=O)NC(Cc3ccc(-c4ccc(C#N)cc4)cc3)C(=O)O)N(C(=O)c3ccccc3)C5)cc2)cc1C(F)(F)F. The van der Waals surface area contributed by atoms with Gasteiger partial charge in [-0.1, -0.05) is 72.8 Å². The lowest BCUT2D eigenvalue weighted by molar-refractivity contribution is -0.142. The van der Waals surface area contributed by atoms with Crippen molar-refractivity contribution in [2.24, 2.45) is 0 Å². The van der Waals surface area contributed by atoms with Crippen LogP contribution in [0.4, 0.5) is 18.9 Å². The van der Waals surface area contributed by atoms with Crippen LogP contribution < -0.4 is 24.8 Å². The number of aliphatic carboxylic acids is 1. The number of nitriles is 1. The molecule has 0 bridgehead atoms. The van der Waals surface area contributed by atoms with E-state index in [2.05, 4.69) is 16.7 Å². The first-order valence-corrected chi connectivity index (χ1v) is 20.4. The van der Waals surface area contributed by atoms with Crippen molar-refractivity contribution in [2.75, 3.05) is 12.4 Å². The average molecular weight is 881 g/mol. The van der Waals surface area contributed by atoms with Crippen LogP contribution in [-0.4, -0.2) is 52.9 Å². The molecule has 0 spiro atoms. The minimum Gasteiger partial charge on any atom is -0.496 e. The molecule has 0 radical (unpaired) electrons. The van der Waals surface area contributed by atoms with Crippen molar-refractivity contribution in [3.05, 3.63) is 178 Å². The number of benzene rings is 6. The Morgan fingerprint density at radius 3 is 2.22 bits per heavy atom. The molecule has 6 aromatic rings. The molecule has 3 atom stereocenters. The molecule has 0 saturated heterocycles. The number of amides is 3. The maximum Gasteiger partial charge on any atom is 0.419 e. The lowest BCUT2D eigenvalue weighted by Crippen LogP contribution is -2.56. The van der Waals surface area contributed by atoms with Crippen LogP contribution in [0.25, 0.3) is 11.1 Å². The third-order valence-electron chi connectivity index (χ3n) is 11.3. The maximum absolute atomic E-state index is 14.2. The van der Waals surface area contributed by atoms with Crippen LogP contribution in [0.5, 0.6) is 17.2 Å². The van der Waals surface area contributed by atoms with Gasteiger partial charge in [0.2, 0.25) is 12.0 Å². The smallest absolute Gasteiger partial charge is 0.419 e. The summed E-state index contributed by atoms with van der Waals surface area (Å²) in [5.41, 5.74) is 4.73. The van der Waals surface area contributed by atoms with Crippen molar-refractivity contribution in [3.63, 3.8) is 0 Å². The van der Waals surface area contributed by atoms with Gasteiger partial charge in [-0.15, -0.1) is 0 Å². The van der Waals surface area contributed by atoms with Gasteiger partial charge in [0.1, 0.15) is 35.9 Å². The average Bonchev–Trinajstić information content (AvgIpc) is 3.32. The van der Waals surface area contributed by atoms with Crippen molar-refractivity contribution in [3.8, 4) is 34.4 Å². The maximum atomic E-state index is 14.2. The van der Waals surface area contributed by atoms with Gasteiger partial charge < -0.3 is 34.9 Å². The molecule has 3 N–H and O–H groups in total. The van der Waals surface area contributed by atoms with Gasteiger partial charge >= 0.3 is 12.1 Å². The molecule has 2 aliphatic heterocycles. The Bertz CT molecular complexity index is 2810. The predicted octanol–water partition coefficient (Wildman–Crippen LogP) is 8.28. The molecule has 1 unspecified atom stereocenters. The van der Waals surface area contributed by atoms with Gasteiger partial charge in [-0.2, -0.15) is 18.4 Å². The van der Waals surface area contributed by atoms with Crippen LogP contribution in [0.1, 0.15) is 55.4 Å². The number of carbonyl (C=O) groups excluding carboxylic acids is 3. The summed E-state index contributed by atoms with van der Waals surface area (Å²) in [6, 6.07) is 35.8. The number of fused-ring (bicyclic) bond motifs is 2. The number of alkyl halides is 3. The van der Waals surface area contributed by atoms with Crippen LogP contribution in [0.3, 0.4) is 0 Å². The number of methoxy groups -OCH3 is 1. The standard InChI is InChI=1S/C50H39F3N4O8/c1-63-43-20-11-31(21-39(43)50(51,52)53)28-64-38-18-16-34(17-19-38)45-47(59)55-40-23-36-24-42(57(27-37(36)25-44(40)65-45)48(60)35-5-3-2-4-6-35)46(58)56-41(49(61)62)22-29-7-12-32(13-8-29)33-14-9-30(26-54)10-15-33/h2-21,23,25,41-42,45H,22,24,27-28H2,1H3,(H,55,59)(H,56,58)(H,61,62)/t41?,42-,45-/m0/s1. The summed E-state index contributed by atoms with van der Waals surface area (Å²) in [4.78, 5) is 55.7. The highest BCUT2D eigenvalue weighted by Gasteiger charge is 2.39. The van der Waals surface area contributed by atoms with Crippen LogP contribution >= 0.6 is 0 Å². The zero-order valence-electron chi connectivity index (χ0n) is 34.6. The minimum absolute atomic E-state index is 0.00739. The van der Waals surface area contributed by atoms with E-state index in [1.807, 2.05) is 24.3 Å². The lowest BCUT2D eigenvalue weighted by atomic mass is 9.91. The number of carbonyl (C=O) groups is 4. The van der Waals surface area contributed by atoms with Crippen LogP contribution in [-0.2, 0) is 46.6 Å². The monoisotopic (exact) mass is 880 g/mol. The Labute approximate surface area is 370 Å². The van der Waals surface area contributed by atoms with E-state index < -0.39 is 53.6 Å². The number of carboxylic acid groups (broad SMARTS) is 1. The van der Waals surface area contributed by atoms with Crippen molar-refractivity contribution in [2.45, 2.75) is 50.4 Å². The van der Waals surface area contributed by atoms with E-state index in [0.717, 1.165) is 24.3 Å². The summed E-state index contributed by atoms with van der Waals surface area (Å²) >= 11 is 0. The van der Waals surface area contributed by atoms with Crippen molar-refractivity contribution >= 4 is 29.4 Å². The summed E-state index contributed by atoms with van der Waals surface area (Å²) in [6.45, 7) is -0.190. The fourth-order valence-electron chi connectivity index (χ4n) is 7.85. The number of halogens is 3. The van der Waals surface area contributed by atoms with Gasteiger partial charge in [0.25, 0.3) is 11.8 Å². The summed E-state index contributed by atoms with van der Waals surface area (Å²) in [5, 5.41) is 24.9. The first-order chi connectivity index (χ1) is 31.3. The highest BCUT2D eigenvalue weighted by molar-refractivity contribution is 6.00. The van der Waals surface area contributed by atoms with E-state index in [-0.39, 0.29) is 37.3 Å². The molecule has 0 aromatic heterocycles. The largest absolute Gasteiger partial charge is 0.496 e. The van der Waals surface area contributed by atoms with Crippen molar-refractivity contribution in [1.29, 1.82) is 5.26 Å². The fraction of sp³-hybridized carbons (Fsp3) is 0.180. The number of ether oxygens (including phenoxy) is 3. The number of rotatable bonds is 12. The summed E-state index contributed by atoms with van der Waals surface area (Å²) in [6.07, 6.45) is -5.73. The minimum atomic E-state index is -4.61. The molecule has 0 aliphatic carbocycles. The molecule has 2 heterocycles. The molecule has 12 nitrogen and oxygen atoms in total. The van der Waals surface area contributed by atoms with Crippen LogP contribution in [0.15, 0.2) is 133 Å². The van der Waals surface area contributed by atoms with Gasteiger partial charge in [0.05, 0.1) is 30.0 Å². The van der Waals surface area contributed by atoms with E-state index >= 15 is 0 Å². The third kappa shape index (κ3) is 9.62. The van der Waals surface area contributed by atoms with Gasteiger partial charge in [-0.25, -0.2) is 4.79 Å². The molecule has 15 heteroatoms. The highest BCUT2D eigenvalue weighted by atomic mass is 19.4. The first-order valence-electron chi connectivity index (χ1n) is 20.4. The summed E-state index contributed by atoms with van der Waals surface area (Å²) in [5.74, 6) is -2.48. The predicted molar refractivity (Wildman–Crippen MR) is 231 cm³/mol. The number of nitrogens with one attached hydrogen (secondary N) is 2. The van der Waals surface area contributed by atoms with Crippen molar-refractivity contribution < 1.29 is 51.7 Å². The molecule has 65 heavy (non-hydrogen) atoms. The molecule has 328 valence electrons. The number of hydrogen-bond acceptors (Lipinski definition) is 8. The molecule has 6 aromatic carbocycles. The van der Waals surface area contributed by atoms with Gasteiger partial charge in [-0.3, -0.25) is 14.4 Å². The van der Waals surface area contributed by atoms with E-state index in [9.17, 15) is 37.5 Å². The lowest BCUT2D eigenvalue weighted by Gasteiger charge is -2.37. The number of hydrogen-bond donors (Lipinski definition) is 3. The number of carboxylic acids is 1. The third-order valence-corrected chi connectivity index (χ3v) is 11.3. The first kappa shape index (κ1) is 43.5. The van der Waals surface area contributed by atoms with E-state index in [1.165, 1.54) is 17.0 Å². The topological polar surface area (TPSA) is 167 Å². The zero-order valence-corrected chi connectivity index (χ0v) is 34.6. The summed E-state index contributed by atoms with van der Waals surface area (Å²) < 4.78 is 57.4. The Morgan fingerprint density at radius 2 is 1.57 bits per heavy atom. The molecule has 0 saturated carbocycles. The number of nitrogens with zero attached hydrogens (tertiary/aromatic N) is 2. The fourth-order valence-corrected chi connectivity index (χ4v) is 7.85. The Kier molecular flexibility index (Phi) is 12.3. The van der Waals surface area contributed by atoms with E-state index in [0.29, 0.717) is 50.6 Å².